The molecule has 0 unspecified atom stereocenters. The zero-order chi connectivity index (χ0) is 16.2. The summed E-state index contributed by atoms with van der Waals surface area (Å²) in [4.78, 5) is 33.2. The lowest BCUT2D eigenvalue weighted by Gasteiger charge is -2.15. The third-order valence-corrected chi connectivity index (χ3v) is 4.72. The summed E-state index contributed by atoms with van der Waals surface area (Å²) in [6.07, 6.45) is 2.11. The molecule has 3 rings (SSSR count). The number of benzene rings is 1. The fourth-order valence-corrected chi connectivity index (χ4v) is 3.32. The van der Waals surface area contributed by atoms with Gasteiger partial charge in [0.15, 0.2) is 5.16 Å². The Hall–Kier alpha value is -2.02. The first kappa shape index (κ1) is 15.9. The molecule has 2 aromatic rings. The number of amides is 2. The molecule has 0 atom stereocenters. The van der Waals surface area contributed by atoms with Gasteiger partial charge in [0.05, 0.1) is 23.3 Å². The molecule has 1 aliphatic rings. The highest BCUT2D eigenvalue weighted by atomic mass is 32.2. The third-order valence-electron chi connectivity index (χ3n) is 3.85. The van der Waals surface area contributed by atoms with Crippen LogP contribution in [-0.2, 0) is 9.59 Å². The number of rotatable bonds is 5. The van der Waals surface area contributed by atoms with E-state index in [2.05, 4.69) is 15.3 Å². The van der Waals surface area contributed by atoms with Crippen molar-refractivity contribution in [3.8, 4) is 0 Å². The molecular formula is C16H20N4O2S. The van der Waals surface area contributed by atoms with Crippen molar-refractivity contribution in [2.45, 2.75) is 24.9 Å². The van der Waals surface area contributed by atoms with E-state index in [0.717, 1.165) is 42.5 Å². The summed E-state index contributed by atoms with van der Waals surface area (Å²) in [6, 6.07) is 6.00. The van der Waals surface area contributed by atoms with E-state index in [1.807, 2.05) is 25.1 Å². The Kier molecular flexibility index (Phi) is 4.85. The topological polar surface area (TPSA) is 78.1 Å². The zero-order valence-corrected chi connectivity index (χ0v) is 13.9. The Labute approximate surface area is 139 Å². The van der Waals surface area contributed by atoms with Crippen molar-refractivity contribution in [3.63, 3.8) is 0 Å². The molecule has 0 aliphatic carbocycles. The van der Waals surface area contributed by atoms with Gasteiger partial charge >= 0.3 is 0 Å². The van der Waals surface area contributed by atoms with Crippen molar-refractivity contribution < 1.29 is 9.59 Å². The summed E-state index contributed by atoms with van der Waals surface area (Å²) >= 11 is 1.34. The summed E-state index contributed by atoms with van der Waals surface area (Å²) in [5.41, 5.74) is 3.02. The number of likely N-dealkylation sites (tertiary alicyclic amines) is 1. The molecule has 2 heterocycles. The van der Waals surface area contributed by atoms with Crippen LogP contribution in [-0.4, -0.2) is 52.1 Å². The van der Waals surface area contributed by atoms with Gasteiger partial charge in [-0.25, -0.2) is 4.98 Å². The van der Waals surface area contributed by atoms with Crippen LogP contribution in [0, 0.1) is 6.92 Å². The second-order valence-electron chi connectivity index (χ2n) is 5.72. The molecule has 2 N–H and O–H groups in total. The van der Waals surface area contributed by atoms with E-state index in [1.54, 1.807) is 4.90 Å². The third kappa shape index (κ3) is 4.04. The Balaban J connectivity index is 1.47. The van der Waals surface area contributed by atoms with Crippen molar-refractivity contribution >= 4 is 34.6 Å². The standard InChI is InChI=1S/C16H20N4O2S/c1-11-4-5-12-13(8-11)19-16(18-12)23-10-14(21)17-9-15(22)20-6-2-3-7-20/h4-5,8H,2-3,6-7,9-10H2,1H3,(H,17,21)(H,18,19). The van der Waals surface area contributed by atoms with Gasteiger partial charge in [-0.15, -0.1) is 0 Å². The van der Waals surface area contributed by atoms with Crippen LogP contribution in [0.5, 0.6) is 0 Å². The van der Waals surface area contributed by atoms with Crippen LogP contribution in [0.4, 0.5) is 0 Å². The molecular weight excluding hydrogens is 312 g/mol. The quantitative estimate of drug-likeness (QED) is 0.817. The van der Waals surface area contributed by atoms with Crippen molar-refractivity contribution in [1.82, 2.24) is 20.2 Å². The smallest absolute Gasteiger partial charge is 0.241 e. The average molecular weight is 332 g/mol. The maximum Gasteiger partial charge on any atom is 0.241 e. The lowest BCUT2D eigenvalue weighted by Crippen LogP contribution is -2.39. The molecule has 0 saturated carbocycles. The van der Waals surface area contributed by atoms with Gasteiger partial charge in [-0.3, -0.25) is 9.59 Å². The van der Waals surface area contributed by atoms with E-state index in [9.17, 15) is 9.59 Å². The van der Waals surface area contributed by atoms with Gasteiger partial charge in [-0.1, -0.05) is 17.8 Å². The average Bonchev–Trinajstić information content (AvgIpc) is 3.19. The van der Waals surface area contributed by atoms with Gasteiger partial charge in [0, 0.05) is 13.1 Å². The predicted molar refractivity (Wildman–Crippen MR) is 90.4 cm³/mol. The molecule has 0 radical (unpaired) electrons. The van der Waals surface area contributed by atoms with Gasteiger partial charge < -0.3 is 15.2 Å². The van der Waals surface area contributed by atoms with Gasteiger partial charge in [-0.2, -0.15) is 0 Å². The number of nitrogens with zero attached hydrogens (tertiary/aromatic N) is 2. The van der Waals surface area contributed by atoms with Gasteiger partial charge in [0.25, 0.3) is 0 Å². The normalized spacial score (nSPS) is 14.4. The van der Waals surface area contributed by atoms with Crippen molar-refractivity contribution in [1.29, 1.82) is 0 Å². The van der Waals surface area contributed by atoms with E-state index < -0.39 is 0 Å². The first-order valence-electron chi connectivity index (χ1n) is 7.75. The number of aromatic amines is 1. The van der Waals surface area contributed by atoms with Crippen molar-refractivity contribution in [2.75, 3.05) is 25.4 Å². The highest BCUT2D eigenvalue weighted by Crippen LogP contribution is 2.20. The van der Waals surface area contributed by atoms with Crippen molar-refractivity contribution in [3.05, 3.63) is 23.8 Å². The summed E-state index contributed by atoms with van der Waals surface area (Å²) < 4.78 is 0. The minimum absolute atomic E-state index is 0.0000577. The van der Waals surface area contributed by atoms with Crippen LogP contribution < -0.4 is 5.32 Å². The number of carbonyl (C=O) groups excluding carboxylic acids is 2. The van der Waals surface area contributed by atoms with E-state index in [4.69, 9.17) is 0 Å². The predicted octanol–water partition coefficient (Wildman–Crippen LogP) is 1.70. The van der Waals surface area contributed by atoms with Gasteiger partial charge in [0.1, 0.15) is 0 Å². The number of imidazole rings is 1. The molecule has 23 heavy (non-hydrogen) atoms. The number of H-pyrrole nitrogens is 1. The molecule has 1 fully saturated rings. The minimum atomic E-state index is -0.154. The molecule has 1 aromatic carbocycles. The van der Waals surface area contributed by atoms with E-state index >= 15 is 0 Å². The molecule has 1 saturated heterocycles. The molecule has 7 heteroatoms. The fourth-order valence-electron chi connectivity index (χ4n) is 2.61. The molecule has 6 nitrogen and oxygen atoms in total. The number of hydrogen-bond acceptors (Lipinski definition) is 4. The van der Waals surface area contributed by atoms with Crippen LogP contribution in [0.1, 0.15) is 18.4 Å². The second-order valence-corrected chi connectivity index (χ2v) is 6.68. The fraction of sp³-hybridized carbons (Fsp3) is 0.438. The number of thioether (sulfide) groups is 1. The number of nitrogens with one attached hydrogen (secondary N) is 2. The lowest BCUT2D eigenvalue weighted by molar-refractivity contribution is -0.131. The molecule has 1 aliphatic heterocycles. The number of aromatic nitrogens is 2. The molecule has 0 bridgehead atoms. The van der Waals surface area contributed by atoms with E-state index in [-0.39, 0.29) is 24.1 Å². The SMILES string of the molecule is Cc1ccc2nc(SCC(=O)NCC(=O)N3CCCC3)[nH]c2c1. The van der Waals surface area contributed by atoms with Crippen molar-refractivity contribution in [2.24, 2.45) is 0 Å². The number of fused-ring (bicyclic) bond motifs is 1. The zero-order valence-electron chi connectivity index (χ0n) is 13.1. The number of hydrogen-bond donors (Lipinski definition) is 2. The Bertz CT molecular complexity index is 722. The maximum absolute atomic E-state index is 11.9. The monoisotopic (exact) mass is 332 g/mol. The number of aryl methyl sites for hydroxylation is 1. The summed E-state index contributed by atoms with van der Waals surface area (Å²) in [6.45, 7) is 3.72. The highest BCUT2D eigenvalue weighted by molar-refractivity contribution is 7.99. The van der Waals surface area contributed by atoms with Crippen LogP contribution >= 0.6 is 11.8 Å². The molecule has 0 spiro atoms. The molecule has 122 valence electrons. The lowest BCUT2D eigenvalue weighted by atomic mass is 10.2. The minimum Gasteiger partial charge on any atom is -0.346 e. The summed E-state index contributed by atoms with van der Waals surface area (Å²) in [5, 5.41) is 3.39. The summed E-state index contributed by atoms with van der Waals surface area (Å²) in [7, 11) is 0. The highest BCUT2D eigenvalue weighted by Gasteiger charge is 2.18. The van der Waals surface area contributed by atoms with E-state index in [1.165, 1.54) is 11.8 Å². The molecule has 1 aromatic heterocycles. The second kappa shape index (κ2) is 7.04. The first-order valence-corrected chi connectivity index (χ1v) is 8.74. The Morgan fingerprint density at radius 3 is 2.91 bits per heavy atom. The van der Waals surface area contributed by atoms with E-state index in [0.29, 0.717) is 5.16 Å². The van der Waals surface area contributed by atoms with Gasteiger partial charge in [0.2, 0.25) is 11.8 Å². The van der Waals surface area contributed by atoms with Crippen LogP contribution in [0.3, 0.4) is 0 Å². The number of carbonyl (C=O) groups is 2. The molecule has 2 amide bonds. The largest absolute Gasteiger partial charge is 0.346 e. The van der Waals surface area contributed by atoms with Gasteiger partial charge in [-0.05, 0) is 37.5 Å². The Morgan fingerprint density at radius 2 is 2.13 bits per heavy atom. The summed E-state index contributed by atoms with van der Waals surface area (Å²) in [5.74, 6) is 0.0887. The van der Waals surface area contributed by atoms with Crippen LogP contribution in [0.2, 0.25) is 0 Å². The van der Waals surface area contributed by atoms with Crippen LogP contribution in [0.15, 0.2) is 23.4 Å². The maximum atomic E-state index is 11.9. The Morgan fingerprint density at radius 1 is 1.35 bits per heavy atom. The first-order chi connectivity index (χ1) is 11.1. The van der Waals surface area contributed by atoms with Crippen LogP contribution in [0.25, 0.3) is 11.0 Å².